The maximum atomic E-state index is 14.1. The fraction of sp³-hybridized carbons (Fsp3) is 0.125. The predicted molar refractivity (Wildman–Crippen MR) is 79.8 cm³/mol. The largest absolute Gasteiger partial charge is 0.478 e. The van der Waals surface area contributed by atoms with Crippen LogP contribution in [-0.4, -0.2) is 20.6 Å². The van der Waals surface area contributed by atoms with Crippen molar-refractivity contribution in [3.8, 4) is 0 Å². The van der Waals surface area contributed by atoms with Gasteiger partial charge in [-0.2, -0.15) is 0 Å². The average molecular weight is 300 g/mol. The minimum Gasteiger partial charge on any atom is -0.478 e. The molecule has 0 amide bonds. The highest BCUT2D eigenvalue weighted by atomic mass is 19.1. The third kappa shape index (κ3) is 2.09. The zero-order valence-corrected chi connectivity index (χ0v) is 11.8. The molecule has 0 fully saturated rings. The van der Waals surface area contributed by atoms with Crippen molar-refractivity contribution in [3.05, 3.63) is 69.7 Å². The number of hydrogen-bond acceptors (Lipinski definition) is 2. The number of halogens is 1. The van der Waals surface area contributed by atoms with Crippen LogP contribution in [0.4, 0.5) is 4.39 Å². The zero-order chi connectivity index (χ0) is 15.9. The summed E-state index contributed by atoms with van der Waals surface area (Å²) in [5.74, 6) is -1.90. The first-order valence-corrected chi connectivity index (χ1v) is 6.68. The van der Waals surface area contributed by atoms with E-state index in [2.05, 4.69) is 4.98 Å². The first-order valence-electron chi connectivity index (χ1n) is 6.68. The number of aromatic nitrogens is 2. The van der Waals surface area contributed by atoms with Crippen LogP contribution in [0.5, 0.6) is 0 Å². The van der Waals surface area contributed by atoms with Crippen molar-refractivity contribution in [1.82, 2.24) is 9.55 Å². The van der Waals surface area contributed by atoms with Crippen molar-refractivity contribution in [2.75, 3.05) is 0 Å². The number of hydrogen-bond donors (Lipinski definition) is 2. The van der Waals surface area contributed by atoms with E-state index in [-0.39, 0.29) is 22.9 Å². The molecule has 0 aliphatic carbocycles. The van der Waals surface area contributed by atoms with E-state index >= 15 is 0 Å². The van der Waals surface area contributed by atoms with Crippen LogP contribution in [0.3, 0.4) is 0 Å². The number of aromatic carboxylic acids is 1. The summed E-state index contributed by atoms with van der Waals surface area (Å²) in [6, 6.07) is 7.56. The molecule has 0 saturated heterocycles. The summed E-state index contributed by atoms with van der Waals surface area (Å²) in [5, 5.41) is 9.38. The smallest absolute Gasteiger partial charge is 0.338 e. The summed E-state index contributed by atoms with van der Waals surface area (Å²) in [5.41, 5.74) is 0.438. The Kier molecular flexibility index (Phi) is 3.29. The SMILES string of the molecule is Cc1c(C(=O)O)c2cccc(F)c2c(=O)n1Cc1ccc[nH]1. The summed E-state index contributed by atoms with van der Waals surface area (Å²) in [6.07, 6.45) is 1.70. The molecule has 2 heterocycles. The molecule has 0 atom stereocenters. The van der Waals surface area contributed by atoms with E-state index < -0.39 is 17.3 Å². The van der Waals surface area contributed by atoms with Gasteiger partial charge in [-0.15, -0.1) is 0 Å². The molecule has 5 nitrogen and oxygen atoms in total. The van der Waals surface area contributed by atoms with Crippen LogP contribution in [0.15, 0.2) is 41.3 Å². The van der Waals surface area contributed by atoms with Crippen LogP contribution in [0.2, 0.25) is 0 Å². The maximum absolute atomic E-state index is 14.1. The number of aromatic amines is 1. The van der Waals surface area contributed by atoms with Gasteiger partial charge in [0, 0.05) is 23.0 Å². The zero-order valence-electron chi connectivity index (χ0n) is 11.8. The molecule has 3 aromatic rings. The topological polar surface area (TPSA) is 75.1 Å². The van der Waals surface area contributed by atoms with Gasteiger partial charge in [0.1, 0.15) is 5.82 Å². The second-order valence-electron chi connectivity index (χ2n) is 5.01. The molecule has 0 spiro atoms. The number of H-pyrrole nitrogens is 1. The standard InChI is InChI=1S/C16H13FN2O3/c1-9-13(16(21)22)11-5-2-6-12(17)14(11)15(20)19(9)8-10-4-3-7-18-10/h2-7,18H,8H2,1H3,(H,21,22). The molecule has 0 unspecified atom stereocenters. The molecule has 2 aromatic heterocycles. The molecule has 0 aliphatic rings. The second-order valence-corrected chi connectivity index (χ2v) is 5.01. The molecule has 0 saturated carbocycles. The number of benzene rings is 1. The van der Waals surface area contributed by atoms with E-state index in [1.54, 1.807) is 25.3 Å². The van der Waals surface area contributed by atoms with Gasteiger partial charge in [0.2, 0.25) is 0 Å². The van der Waals surface area contributed by atoms with Gasteiger partial charge in [0.05, 0.1) is 17.5 Å². The molecule has 0 bridgehead atoms. The lowest BCUT2D eigenvalue weighted by Crippen LogP contribution is -2.27. The van der Waals surface area contributed by atoms with E-state index in [4.69, 9.17) is 0 Å². The third-order valence-electron chi connectivity index (χ3n) is 3.71. The lowest BCUT2D eigenvalue weighted by molar-refractivity contribution is 0.0697. The average Bonchev–Trinajstić information content (AvgIpc) is 2.96. The fourth-order valence-corrected chi connectivity index (χ4v) is 2.66. The van der Waals surface area contributed by atoms with Gasteiger partial charge >= 0.3 is 5.97 Å². The lowest BCUT2D eigenvalue weighted by Gasteiger charge is -2.15. The van der Waals surface area contributed by atoms with Crippen LogP contribution in [0, 0.1) is 12.7 Å². The fourth-order valence-electron chi connectivity index (χ4n) is 2.66. The quantitative estimate of drug-likeness (QED) is 0.780. The van der Waals surface area contributed by atoms with E-state index in [1.807, 2.05) is 0 Å². The number of fused-ring (bicyclic) bond motifs is 1. The summed E-state index contributed by atoms with van der Waals surface area (Å²) >= 11 is 0. The number of carbonyl (C=O) groups is 1. The normalized spacial score (nSPS) is 11.0. The van der Waals surface area contributed by atoms with Gasteiger partial charge in [-0.3, -0.25) is 4.79 Å². The van der Waals surface area contributed by atoms with Gasteiger partial charge < -0.3 is 14.7 Å². The molecule has 0 radical (unpaired) electrons. The van der Waals surface area contributed by atoms with Crippen LogP contribution in [0.1, 0.15) is 21.7 Å². The van der Waals surface area contributed by atoms with Crippen LogP contribution in [0.25, 0.3) is 10.8 Å². The second kappa shape index (κ2) is 5.14. The van der Waals surface area contributed by atoms with Gasteiger partial charge in [0.15, 0.2) is 0 Å². The van der Waals surface area contributed by atoms with Crippen molar-refractivity contribution in [3.63, 3.8) is 0 Å². The van der Waals surface area contributed by atoms with Gasteiger partial charge in [-0.25, -0.2) is 9.18 Å². The number of pyridine rings is 1. The lowest BCUT2D eigenvalue weighted by atomic mass is 10.0. The summed E-state index contributed by atoms with van der Waals surface area (Å²) in [7, 11) is 0. The molecular weight excluding hydrogens is 287 g/mol. The number of carboxylic acid groups (broad SMARTS) is 1. The van der Waals surface area contributed by atoms with E-state index in [1.165, 1.54) is 16.7 Å². The molecule has 112 valence electrons. The summed E-state index contributed by atoms with van der Waals surface area (Å²) < 4.78 is 15.3. The Morgan fingerprint density at radius 2 is 2.09 bits per heavy atom. The maximum Gasteiger partial charge on any atom is 0.338 e. The molecule has 2 N–H and O–H groups in total. The highest BCUT2D eigenvalue weighted by Crippen LogP contribution is 2.22. The summed E-state index contributed by atoms with van der Waals surface area (Å²) in [6.45, 7) is 1.71. The predicted octanol–water partition coefficient (Wildman–Crippen LogP) is 2.52. The number of rotatable bonds is 3. The highest BCUT2D eigenvalue weighted by Gasteiger charge is 2.20. The highest BCUT2D eigenvalue weighted by molar-refractivity contribution is 6.04. The Morgan fingerprint density at radius 1 is 1.32 bits per heavy atom. The van der Waals surface area contributed by atoms with E-state index in [9.17, 15) is 19.1 Å². The van der Waals surface area contributed by atoms with Crippen LogP contribution in [-0.2, 0) is 6.54 Å². The first kappa shape index (κ1) is 14.1. The van der Waals surface area contributed by atoms with Crippen LogP contribution >= 0.6 is 0 Å². The van der Waals surface area contributed by atoms with Gasteiger partial charge in [0.25, 0.3) is 5.56 Å². The summed E-state index contributed by atoms with van der Waals surface area (Å²) in [4.78, 5) is 27.1. The molecule has 22 heavy (non-hydrogen) atoms. The van der Waals surface area contributed by atoms with Crippen molar-refractivity contribution < 1.29 is 14.3 Å². The Bertz CT molecular complexity index is 927. The molecule has 6 heteroatoms. The third-order valence-corrected chi connectivity index (χ3v) is 3.71. The van der Waals surface area contributed by atoms with Crippen LogP contribution < -0.4 is 5.56 Å². The Labute approximate surface area is 124 Å². The van der Waals surface area contributed by atoms with Gasteiger partial charge in [-0.05, 0) is 25.1 Å². The number of carboxylic acids is 1. The van der Waals surface area contributed by atoms with Crippen molar-refractivity contribution in [2.45, 2.75) is 13.5 Å². The monoisotopic (exact) mass is 300 g/mol. The first-order chi connectivity index (χ1) is 10.5. The van der Waals surface area contributed by atoms with Gasteiger partial charge in [-0.1, -0.05) is 12.1 Å². The van der Waals surface area contributed by atoms with E-state index in [0.29, 0.717) is 5.69 Å². The Hall–Kier alpha value is -2.89. The van der Waals surface area contributed by atoms with Crippen molar-refractivity contribution in [1.29, 1.82) is 0 Å². The van der Waals surface area contributed by atoms with Crippen molar-refractivity contribution in [2.24, 2.45) is 0 Å². The minimum atomic E-state index is -1.19. The molecule has 1 aromatic carbocycles. The van der Waals surface area contributed by atoms with E-state index in [0.717, 1.165) is 11.8 Å². The number of nitrogens with zero attached hydrogens (tertiary/aromatic N) is 1. The minimum absolute atomic E-state index is 0.0549. The number of nitrogens with one attached hydrogen (secondary N) is 1. The molecular formula is C16H13FN2O3. The Balaban J connectivity index is 2.40. The van der Waals surface area contributed by atoms with Crippen molar-refractivity contribution >= 4 is 16.7 Å². The molecule has 0 aliphatic heterocycles. The molecule has 3 rings (SSSR count). The Morgan fingerprint density at radius 3 is 2.73 bits per heavy atom.